The molecule has 2 aromatic heterocycles. The minimum absolute atomic E-state index is 0.596. The van der Waals surface area contributed by atoms with Gasteiger partial charge in [0.15, 0.2) is 0 Å². The van der Waals surface area contributed by atoms with Crippen molar-refractivity contribution in [2.45, 2.75) is 0 Å². The quantitative estimate of drug-likeness (QED) is 0.667. The summed E-state index contributed by atoms with van der Waals surface area (Å²) in [6.07, 6.45) is 3.44. The van der Waals surface area contributed by atoms with Gasteiger partial charge in [-0.05, 0) is 12.1 Å². The van der Waals surface area contributed by atoms with Gasteiger partial charge in [-0.25, -0.2) is 0 Å². The van der Waals surface area contributed by atoms with E-state index in [0.717, 1.165) is 22.3 Å². The van der Waals surface area contributed by atoms with Crippen LogP contribution in [0.2, 0.25) is 0 Å². The number of hydrogen-bond donors (Lipinski definition) is 1. The van der Waals surface area contributed by atoms with Crippen LogP contribution in [0.25, 0.3) is 22.3 Å². The van der Waals surface area contributed by atoms with Crippen LogP contribution in [-0.4, -0.2) is 4.98 Å². The fourth-order valence-corrected chi connectivity index (χ4v) is 1.77. The van der Waals surface area contributed by atoms with Gasteiger partial charge in [0, 0.05) is 17.8 Å². The Balaban J connectivity index is 2.24. The highest BCUT2D eigenvalue weighted by molar-refractivity contribution is 5.83. The van der Waals surface area contributed by atoms with Gasteiger partial charge in [-0.1, -0.05) is 18.2 Å². The molecule has 0 spiro atoms. The topological polar surface area (TPSA) is 52.7 Å². The molecule has 0 atom stereocenters. The number of furan rings is 1. The molecule has 0 fully saturated rings. The van der Waals surface area contributed by atoms with Gasteiger partial charge in [0.1, 0.15) is 17.4 Å². The lowest BCUT2D eigenvalue weighted by Gasteiger charge is -1.90. The number of nitriles is 1. The summed E-state index contributed by atoms with van der Waals surface area (Å²) in [7, 11) is 0. The Hall–Kier alpha value is -2.47. The molecule has 0 radical (unpaired) electrons. The first-order chi connectivity index (χ1) is 7.88. The first-order valence-electron chi connectivity index (χ1n) is 4.94. The van der Waals surface area contributed by atoms with Crippen LogP contribution in [0.15, 0.2) is 47.1 Å². The third kappa shape index (κ3) is 1.21. The van der Waals surface area contributed by atoms with Gasteiger partial charge in [-0.2, -0.15) is 5.26 Å². The summed E-state index contributed by atoms with van der Waals surface area (Å²) in [5, 5.41) is 9.98. The van der Waals surface area contributed by atoms with Gasteiger partial charge >= 0.3 is 0 Å². The van der Waals surface area contributed by atoms with Crippen molar-refractivity contribution in [2.75, 3.05) is 0 Å². The van der Waals surface area contributed by atoms with Crippen LogP contribution in [0.1, 0.15) is 5.56 Å². The molecule has 0 aliphatic rings. The number of rotatable bonds is 1. The number of nitrogens with zero attached hydrogens (tertiary/aromatic N) is 1. The van der Waals surface area contributed by atoms with Gasteiger partial charge in [-0.3, -0.25) is 0 Å². The normalized spacial score (nSPS) is 10.4. The molecule has 3 aromatic rings. The standard InChI is InChI=1S/C13H8N2O/c14-6-10-7-15-8-11(10)13-5-9-3-1-2-4-12(9)16-13/h1-5,7-8,15H. The second-order valence-electron chi connectivity index (χ2n) is 3.54. The number of nitrogens with one attached hydrogen (secondary N) is 1. The molecule has 76 valence electrons. The maximum atomic E-state index is 8.93. The average molecular weight is 208 g/mol. The second-order valence-corrected chi connectivity index (χ2v) is 3.54. The van der Waals surface area contributed by atoms with E-state index in [9.17, 15) is 0 Å². The fraction of sp³-hybridized carbons (Fsp3) is 0. The fourth-order valence-electron chi connectivity index (χ4n) is 1.77. The van der Waals surface area contributed by atoms with E-state index in [2.05, 4.69) is 11.1 Å². The minimum Gasteiger partial charge on any atom is -0.456 e. The van der Waals surface area contributed by atoms with Gasteiger partial charge < -0.3 is 9.40 Å². The molecule has 1 N–H and O–H groups in total. The van der Waals surface area contributed by atoms with E-state index in [1.807, 2.05) is 30.3 Å². The number of fused-ring (bicyclic) bond motifs is 1. The zero-order valence-corrected chi connectivity index (χ0v) is 8.40. The third-order valence-corrected chi connectivity index (χ3v) is 2.56. The Morgan fingerprint density at radius 1 is 1.19 bits per heavy atom. The van der Waals surface area contributed by atoms with E-state index in [1.165, 1.54) is 0 Å². The van der Waals surface area contributed by atoms with Crippen molar-refractivity contribution in [3.05, 3.63) is 48.3 Å². The molecule has 2 heterocycles. The van der Waals surface area contributed by atoms with E-state index in [-0.39, 0.29) is 0 Å². The Bertz CT molecular complexity index is 652. The lowest BCUT2D eigenvalue weighted by Crippen LogP contribution is -1.72. The molecule has 3 nitrogen and oxygen atoms in total. The zero-order chi connectivity index (χ0) is 11.0. The average Bonchev–Trinajstić information content (AvgIpc) is 2.94. The molecule has 0 bridgehead atoms. The highest BCUT2D eigenvalue weighted by Crippen LogP contribution is 2.29. The lowest BCUT2D eigenvalue weighted by molar-refractivity contribution is 0.631. The summed E-state index contributed by atoms with van der Waals surface area (Å²) in [6.45, 7) is 0. The largest absolute Gasteiger partial charge is 0.456 e. The van der Waals surface area contributed by atoms with Crippen molar-refractivity contribution >= 4 is 11.0 Å². The molecule has 0 unspecified atom stereocenters. The molecule has 16 heavy (non-hydrogen) atoms. The predicted molar refractivity (Wildman–Crippen MR) is 60.7 cm³/mol. The molecular weight excluding hydrogens is 200 g/mol. The monoisotopic (exact) mass is 208 g/mol. The minimum atomic E-state index is 0.596. The van der Waals surface area contributed by atoms with Crippen LogP contribution in [0.4, 0.5) is 0 Å². The molecule has 3 heteroatoms. The predicted octanol–water partition coefficient (Wildman–Crippen LogP) is 3.30. The number of aromatic amines is 1. The lowest BCUT2D eigenvalue weighted by atomic mass is 10.1. The molecule has 3 rings (SSSR count). The highest BCUT2D eigenvalue weighted by Gasteiger charge is 2.10. The molecule has 0 aliphatic heterocycles. The van der Waals surface area contributed by atoms with Crippen LogP contribution in [0.5, 0.6) is 0 Å². The summed E-state index contributed by atoms with van der Waals surface area (Å²) in [5.41, 5.74) is 2.24. The summed E-state index contributed by atoms with van der Waals surface area (Å²) in [5.74, 6) is 0.721. The van der Waals surface area contributed by atoms with E-state index in [1.54, 1.807) is 12.4 Å². The number of aromatic nitrogens is 1. The van der Waals surface area contributed by atoms with Gasteiger partial charge in [-0.15, -0.1) is 0 Å². The molecule has 0 aliphatic carbocycles. The van der Waals surface area contributed by atoms with Crippen LogP contribution in [0, 0.1) is 11.3 Å². The Kier molecular flexibility index (Phi) is 1.81. The maximum absolute atomic E-state index is 8.93. The molecule has 0 saturated carbocycles. The summed E-state index contributed by atoms with van der Waals surface area (Å²) in [4.78, 5) is 2.91. The number of para-hydroxylation sites is 1. The van der Waals surface area contributed by atoms with Crippen molar-refractivity contribution in [3.63, 3.8) is 0 Å². The number of H-pyrrole nitrogens is 1. The number of hydrogen-bond acceptors (Lipinski definition) is 2. The summed E-state index contributed by atoms with van der Waals surface area (Å²) >= 11 is 0. The van der Waals surface area contributed by atoms with Gasteiger partial charge in [0.25, 0.3) is 0 Å². The third-order valence-electron chi connectivity index (χ3n) is 2.56. The van der Waals surface area contributed by atoms with Crippen LogP contribution < -0.4 is 0 Å². The van der Waals surface area contributed by atoms with Gasteiger partial charge in [0.05, 0.1) is 11.1 Å². The molecule has 0 amide bonds. The van der Waals surface area contributed by atoms with Crippen LogP contribution in [0.3, 0.4) is 0 Å². The Morgan fingerprint density at radius 2 is 2.06 bits per heavy atom. The van der Waals surface area contributed by atoms with Crippen molar-refractivity contribution in [2.24, 2.45) is 0 Å². The second kappa shape index (κ2) is 3.28. The van der Waals surface area contributed by atoms with Crippen molar-refractivity contribution in [1.29, 1.82) is 5.26 Å². The van der Waals surface area contributed by atoms with E-state index >= 15 is 0 Å². The first-order valence-corrected chi connectivity index (χ1v) is 4.94. The van der Waals surface area contributed by atoms with Crippen LogP contribution >= 0.6 is 0 Å². The Labute approximate surface area is 91.9 Å². The zero-order valence-electron chi connectivity index (χ0n) is 8.40. The molecule has 0 saturated heterocycles. The number of benzene rings is 1. The van der Waals surface area contributed by atoms with Crippen molar-refractivity contribution in [1.82, 2.24) is 4.98 Å². The molecular formula is C13H8N2O. The van der Waals surface area contributed by atoms with E-state index in [4.69, 9.17) is 9.68 Å². The smallest absolute Gasteiger partial charge is 0.138 e. The molecule has 1 aromatic carbocycles. The Morgan fingerprint density at radius 3 is 2.88 bits per heavy atom. The summed E-state index contributed by atoms with van der Waals surface area (Å²) < 4.78 is 5.68. The van der Waals surface area contributed by atoms with E-state index in [0.29, 0.717) is 5.56 Å². The van der Waals surface area contributed by atoms with Crippen LogP contribution in [-0.2, 0) is 0 Å². The summed E-state index contributed by atoms with van der Waals surface area (Å²) in [6, 6.07) is 11.9. The SMILES string of the molecule is N#Cc1c[nH]cc1-c1cc2ccccc2o1. The van der Waals surface area contributed by atoms with Crippen molar-refractivity contribution in [3.8, 4) is 17.4 Å². The highest BCUT2D eigenvalue weighted by atomic mass is 16.3. The van der Waals surface area contributed by atoms with Crippen molar-refractivity contribution < 1.29 is 4.42 Å². The van der Waals surface area contributed by atoms with E-state index < -0.39 is 0 Å². The first kappa shape index (κ1) is 8.81. The van der Waals surface area contributed by atoms with Gasteiger partial charge in [0.2, 0.25) is 0 Å². The maximum Gasteiger partial charge on any atom is 0.138 e.